The van der Waals surface area contributed by atoms with Crippen LogP contribution in [0.5, 0.6) is 0 Å². The molecule has 1 heterocycles. The molecule has 5 atom stereocenters. The van der Waals surface area contributed by atoms with Crippen molar-refractivity contribution >= 4 is 29.6 Å². The van der Waals surface area contributed by atoms with Crippen LogP contribution in [0.25, 0.3) is 0 Å². The van der Waals surface area contributed by atoms with Crippen molar-refractivity contribution < 1.29 is 28.7 Å². The molecule has 4 rings (SSSR count). The zero-order chi connectivity index (χ0) is 30.1. The van der Waals surface area contributed by atoms with Gasteiger partial charge < -0.3 is 26.0 Å². The fourth-order valence-corrected chi connectivity index (χ4v) is 7.69. The molecule has 10 nitrogen and oxygen atoms in total. The van der Waals surface area contributed by atoms with Gasteiger partial charge in [-0.05, 0) is 69.1 Å². The van der Waals surface area contributed by atoms with Crippen LogP contribution >= 0.6 is 0 Å². The van der Waals surface area contributed by atoms with Gasteiger partial charge in [-0.2, -0.15) is 0 Å². The van der Waals surface area contributed by atoms with E-state index in [2.05, 4.69) is 24.5 Å². The average Bonchev–Trinajstić information content (AvgIpc) is 3.22. The monoisotopic (exact) mass is 574 g/mol. The Bertz CT molecular complexity index is 1020. The summed E-state index contributed by atoms with van der Waals surface area (Å²) in [6.07, 6.45) is 9.56. The Balaban J connectivity index is 1.55. The van der Waals surface area contributed by atoms with Crippen LogP contribution in [-0.4, -0.2) is 64.8 Å². The fraction of sp³-hybridized carbons (Fsp3) is 0.839. The van der Waals surface area contributed by atoms with Gasteiger partial charge in [0, 0.05) is 6.54 Å². The zero-order valence-corrected chi connectivity index (χ0v) is 25.5. The maximum atomic E-state index is 14.2. The van der Waals surface area contributed by atoms with Crippen LogP contribution in [0.15, 0.2) is 0 Å². The Kier molecular flexibility index (Phi) is 9.38. The Labute approximate surface area is 244 Å². The Morgan fingerprint density at radius 1 is 0.927 bits per heavy atom. The minimum Gasteiger partial charge on any atom is -0.444 e. The Morgan fingerprint density at radius 2 is 1.51 bits per heavy atom. The largest absolute Gasteiger partial charge is 0.444 e. The van der Waals surface area contributed by atoms with Crippen LogP contribution in [0.4, 0.5) is 4.79 Å². The number of carbonyl (C=O) groups excluding carboxylic acids is 5. The summed E-state index contributed by atoms with van der Waals surface area (Å²) >= 11 is 0. The molecule has 0 spiro atoms. The summed E-state index contributed by atoms with van der Waals surface area (Å²) in [5, 5.41) is 5.72. The van der Waals surface area contributed by atoms with Crippen LogP contribution < -0.4 is 16.4 Å². The predicted octanol–water partition coefficient (Wildman–Crippen LogP) is 3.45. The number of likely N-dealkylation sites (tertiary alicyclic amines) is 1. The molecule has 0 bridgehead atoms. The molecular formula is C31H50N4O6. The van der Waals surface area contributed by atoms with E-state index in [9.17, 15) is 24.0 Å². The van der Waals surface area contributed by atoms with E-state index >= 15 is 0 Å². The summed E-state index contributed by atoms with van der Waals surface area (Å²) < 4.78 is 5.50. The van der Waals surface area contributed by atoms with Crippen molar-refractivity contribution in [1.29, 1.82) is 0 Å². The van der Waals surface area contributed by atoms with Crippen molar-refractivity contribution in [3.8, 4) is 0 Å². The average molecular weight is 575 g/mol. The first-order chi connectivity index (χ1) is 19.2. The van der Waals surface area contributed by atoms with Gasteiger partial charge in [0.25, 0.3) is 5.91 Å². The highest BCUT2D eigenvalue weighted by Crippen LogP contribution is 2.65. The number of ether oxygens (including phenoxy) is 1. The standard InChI is InChI=1S/C31H50N4O6/c1-30(2,3)41-29(40)34-23(19-14-10-7-11-15-19)28(39)35-17-20-22(31(20,4)5)24(35)27(38)33-21(25(36)26(32)37)16-18-12-8-6-9-13-18/h18-24H,6-17H2,1-5H3,(H2,32,37)(H,33,38)(H,34,40)/t20-,21?,22-,23+,24+/m1/s1. The van der Waals surface area contributed by atoms with E-state index in [-0.39, 0.29) is 35.0 Å². The van der Waals surface area contributed by atoms with Crippen LogP contribution in [0.2, 0.25) is 0 Å². The third-order valence-electron chi connectivity index (χ3n) is 9.99. The summed E-state index contributed by atoms with van der Waals surface area (Å²) in [6.45, 7) is 9.92. The SMILES string of the molecule is CC(C)(C)OC(=O)N[C@H](C(=O)N1C[C@@H]2[C@H]([C@H]1C(=O)NC(CC1CCCCC1)C(=O)C(N)=O)C2(C)C)C1CCCCC1. The van der Waals surface area contributed by atoms with Crippen LogP contribution in [-0.2, 0) is 23.9 Å². The molecule has 3 aliphatic carbocycles. The van der Waals surface area contributed by atoms with Crippen LogP contribution in [0.3, 0.4) is 0 Å². The first kappa shape index (κ1) is 31.3. The van der Waals surface area contributed by atoms with E-state index in [1.54, 1.807) is 25.7 Å². The molecule has 1 aliphatic heterocycles. The van der Waals surface area contributed by atoms with Gasteiger partial charge in [-0.1, -0.05) is 65.2 Å². The molecule has 10 heteroatoms. The lowest BCUT2D eigenvalue weighted by atomic mass is 9.83. The smallest absolute Gasteiger partial charge is 0.408 e. The lowest BCUT2D eigenvalue weighted by Crippen LogP contribution is -2.60. The molecule has 41 heavy (non-hydrogen) atoms. The summed E-state index contributed by atoms with van der Waals surface area (Å²) in [6, 6.07) is -2.59. The van der Waals surface area contributed by atoms with Gasteiger partial charge in [0.1, 0.15) is 17.7 Å². The summed E-state index contributed by atoms with van der Waals surface area (Å²) in [5.74, 6) is -2.31. The number of hydrogen-bond donors (Lipinski definition) is 3. The van der Waals surface area contributed by atoms with Crippen LogP contribution in [0.1, 0.15) is 105 Å². The third kappa shape index (κ3) is 7.23. The second-order valence-corrected chi connectivity index (χ2v) is 14.4. The molecule has 3 saturated carbocycles. The van der Waals surface area contributed by atoms with E-state index in [0.717, 1.165) is 64.2 Å². The quantitative estimate of drug-likeness (QED) is 0.359. The number of carbonyl (C=O) groups is 5. The number of alkyl carbamates (subject to hydrolysis) is 1. The van der Waals surface area contributed by atoms with Crippen molar-refractivity contribution in [2.24, 2.45) is 34.8 Å². The summed E-state index contributed by atoms with van der Waals surface area (Å²) in [5.41, 5.74) is 4.53. The number of rotatable bonds is 9. The van der Waals surface area contributed by atoms with Gasteiger partial charge in [-0.25, -0.2) is 4.79 Å². The molecule has 0 aromatic rings. The fourth-order valence-electron chi connectivity index (χ4n) is 7.69. The molecule has 1 unspecified atom stereocenters. The number of ketones is 1. The number of piperidine rings is 1. The van der Waals surface area contributed by atoms with Gasteiger partial charge in [-0.3, -0.25) is 19.2 Å². The maximum absolute atomic E-state index is 14.2. The van der Waals surface area contributed by atoms with E-state index in [1.807, 2.05) is 0 Å². The predicted molar refractivity (Wildman–Crippen MR) is 153 cm³/mol. The molecule has 0 aromatic carbocycles. The molecule has 230 valence electrons. The molecule has 1 saturated heterocycles. The maximum Gasteiger partial charge on any atom is 0.408 e. The van der Waals surface area contributed by atoms with Crippen molar-refractivity contribution in [2.45, 2.75) is 129 Å². The van der Waals surface area contributed by atoms with Gasteiger partial charge in [0.05, 0.1) is 6.04 Å². The molecule has 4 aliphatic rings. The second kappa shape index (κ2) is 12.3. The van der Waals surface area contributed by atoms with Crippen molar-refractivity contribution in [1.82, 2.24) is 15.5 Å². The van der Waals surface area contributed by atoms with Crippen LogP contribution in [0, 0.1) is 29.1 Å². The summed E-state index contributed by atoms with van der Waals surface area (Å²) in [4.78, 5) is 67.3. The number of nitrogens with one attached hydrogen (secondary N) is 2. The van der Waals surface area contributed by atoms with Crippen molar-refractivity contribution in [3.63, 3.8) is 0 Å². The Hall–Kier alpha value is -2.65. The van der Waals surface area contributed by atoms with E-state index in [4.69, 9.17) is 10.5 Å². The third-order valence-corrected chi connectivity index (χ3v) is 9.99. The number of nitrogens with zero attached hydrogens (tertiary/aromatic N) is 1. The van der Waals surface area contributed by atoms with Gasteiger partial charge in [0.15, 0.2) is 0 Å². The minimum absolute atomic E-state index is 0.0482. The Morgan fingerprint density at radius 3 is 2.07 bits per heavy atom. The van der Waals surface area contributed by atoms with Gasteiger partial charge in [-0.15, -0.1) is 0 Å². The van der Waals surface area contributed by atoms with Gasteiger partial charge >= 0.3 is 6.09 Å². The number of amides is 4. The number of nitrogens with two attached hydrogens (primary N) is 1. The molecule has 4 amide bonds. The normalized spacial score (nSPS) is 27.7. The molecule has 0 radical (unpaired) electrons. The number of Topliss-reactive ketones (excluding diaryl/α,β-unsaturated/α-hetero) is 1. The molecule has 4 fully saturated rings. The highest BCUT2D eigenvalue weighted by Gasteiger charge is 2.69. The lowest BCUT2D eigenvalue weighted by Gasteiger charge is -2.37. The van der Waals surface area contributed by atoms with E-state index in [1.165, 1.54) is 0 Å². The van der Waals surface area contributed by atoms with E-state index in [0.29, 0.717) is 13.0 Å². The lowest BCUT2D eigenvalue weighted by molar-refractivity contribution is -0.144. The number of primary amides is 1. The van der Waals surface area contributed by atoms with E-state index < -0.39 is 47.4 Å². The number of hydrogen-bond acceptors (Lipinski definition) is 6. The number of fused-ring (bicyclic) bond motifs is 1. The first-order valence-corrected chi connectivity index (χ1v) is 15.6. The second-order valence-electron chi connectivity index (χ2n) is 14.4. The van der Waals surface area contributed by atoms with Crippen molar-refractivity contribution in [2.75, 3.05) is 6.54 Å². The first-order valence-electron chi connectivity index (χ1n) is 15.6. The topological polar surface area (TPSA) is 148 Å². The molecule has 4 N–H and O–H groups in total. The summed E-state index contributed by atoms with van der Waals surface area (Å²) in [7, 11) is 0. The highest BCUT2D eigenvalue weighted by molar-refractivity contribution is 6.37. The molecule has 0 aromatic heterocycles. The minimum atomic E-state index is -1.06. The zero-order valence-electron chi connectivity index (χ0n) is 25.5. The molecular weight excluding hydrogens is 524 g/mol. The highest BCUT2D eigenvalue weighted by atomic mass is 16.6. The van der Waals surface area contributed by atoms with Crippen molar-refractivity contribution in [3.05, 3.63) is 0 Å². The van der Waals surface area contributed by atoms with Gasteiger partial charge in [0.2, 0.25) is 17.6 Å².